The molecule has 0 aliphatic carbocycles. The first-order valence-electron chi connectivity index (χ1n) is 7.75. The molecule has 1 rings (SSSR count). The van der Waals surface area contributed by atoms with Gasteiger partial charge in [0.25, 0.3) is 0 Å². The van der Waals surface area contributed by atoms with Crippen LogP contribution in [0.1, 0.15) is 18.4 Å². The van der Waals surface area contributed by atoms with Gasteiger partial charge in [0.2, 0.25) is 0 Å². The highest BCUT2D eigenvalue weighted by Crippen LogP contribution is 2.23. The summed E-state index contributed by atoms with van der Waals surface area (Å²) in [5, 5.41) is 12.9. The lowest BCUT2D eigenvalue weighted by Crippen LogP contribution is -2.23. The van der Waals surface area contributed by atoms with E-state index >= 15 is 0 Å². The zero-order chi connectivity index (χ0) is 17.8. The first-order valence-corrected chi connectivity index (χ1v) is 7.75. The van der Waals surface area contributed by atoms with Gasteiger partial charge in [-0.2, -0.15) is 0 Å². The van der Waals surface area contributed by atoms with Gasteiger partial charge in [-0.25, -0.2) is 0 Å². The highest BCUT2D eigenvalue weighted by atomic mass is 16.5. The molecule has 24 heavy (non-hydrogen) atoms. The number of guanidine groups is 2. The van der Waals surface area contributed by atoms with E-state index in [0.29, 0.717) is 32.0 Å². The summed E-state index contributed by atoms with van der Waals surface area (Å²) in [4.78, 5) is 7.78. The first-order chi connectivity index (χ1) is 11.5. The lowest BCUT2D eigenvalue weighted by molar-refractivity contribution is 0.323. The van der Waals surface area contributed by atoms with E-state index < -0.39 is 0 Å². The van der Waals surface area contributed by atoms with Crippen LogP contribution in [0.3, 0.4) is 0 Å². The lowest BCUT2D eigenvalue weighted by atomic mass is 10.2. The van der Waals surface area contributed by atoms with E-state index in [4.69, 9.17) is 27.7 Å². The number of hydrogen-bond donors (Lipinski definition) is 6. The molecule has 10 N–H and O–H groups in total. The van der Waals surface area contributed by atoms with Gasteiger partial charge in [-0.05, 0) is 37.6 Å². The van der Waals surface area contributed by atoms with Gasteiger partial charge in [0, 0.05) is 18.7 Å². The SMILES string of the molecule is NC(N)=NCCCCNCc1cc(O)ccc1OCCN=C(N)N. The molecule has 0 bridgehead atoms. The monoisotopic (exact) mass is 337 g/mol. The number of hydrogen-bond acceptors (Lipinski definition) is 5. The second kappa shape index (κ2) is 10.9. The van der Waals surface area contributed by atoms with Gasteiger partial charge >= 0.3 is 0 Å². The first kappa shape index (κ1) is 19.4. The van der Waals surface area contributed by atoms with Crippen LogP contribution in [0.25, 0.3) is 0 Å². The highest BCUT2D eigenvalue weighted by molar-refractivity contribution is 5.75. The molecule has 134 valence electrons. The molecular weight excluding hydrogens is 310 g/mol. The average Bonchev–Trinajstić information content (AvgIpc) is 2.51. The Kier molecular flexibility index (Phi) is 8.84. The van der Waals surface area contributed by atoms with Gasteiger partial charge in [-0.1, -0.05) is 0 Å². The number of unbranched alkanes of at least 4 members (excludes halogenated alkanes) is 1. The van der Waals surface area contributed by atoms with E-state index in [1.54, 1.807) is 18.2 Å². The predicted molar refractivity (Wildman–Crippen MR) is 95.9 cm³/mol. The van der Waals surface area contributed by atoms with Gasteiger partial charge < -0.3 is 38.1 Å². The molecule has 0 aliphatic heterocycles. The number of nitrogens with two attached hydrogens (primary N) is 4. The quantitative estimate of drug-likeness (QED) is 0.174. The lowest BCUT2D eigenvalue weighted by Gasteiger charge is -2.12. The van der Waals surface area contributed by atoms with Gasteiger partial charge in [0.1, 0.15) is 18.1 Å². The van der Waals surface area contributed by atoms with Crippen LogP contribution < -0.4 is 33.0 Å². The second-order valence-electron chi connectivity index (χ2n) is 5.14. The van der Waals surface area contributed by atoms with Crippen LogP contribution >= 0.6 is 0 Å². The summed E-state index contributed by atoms with van der Waals surface area (Å²) < 4.78 is 5.65. The molecule has 9 heteroatoms. The Balaban J connectivity index is 2.38. The van der Waals surface area contributed by atoms with E-state index in [-0.39, 0.29) is 17.7 Å². The summed E-state index contributed by atoms with van der Waals surface area (Å²) in [7, 11) is 0. The Hall–Kier alpha value is -2.68. The fourth-order valence-corrected chi connectivity index (χ4v) is 1.97. The van der Waals surface area contributed by atoms with E-state index in [1.807, 2.05) is 0 Å². The predicted octanol–water partition coefficient (Wildman–Crippen LogP) is -0.812. The van der Waals surface area contributed by atoms with Crippen LogP contribution in [0.15, 0.2) is 28.2 Å². The fraction of sp³-hybridized carbons (Fsp3) is 0.467. The summed E-state index contributed by atoms with van der Waals surface area (Å²) in [6.45, 7) is 2.74. The number of aliphatic imine (C=N–C) groups is 2. The van der Waals surface area contributed by atoms with Crippen LogP contribution in [0.4, 0.5) is 0 Å². The van der Waals surface area contributed by atoms with Crippen LogP contribution in [0.5, 0.6) is 11.5 Å². The summed E-state index contributed by atoms with van der Waals surface area (Å²) in [6.07, 6.45) is 1.84. The largest absolute Gasteiger partial charge is 0.508 e. The maximum absolute atomic E-state index is 9.63. The topological polar surface area (TPSA) is 170 Å². The summed E-state index contributed by atoms with van der Waals surface area (Å²) in [6, 6.07) is 4.97. The van der Waals surface area contributed by atoms with Crippen molar-refractivity contribution in [2.75, 3.05) is 26.2 Å². The third-order valence-corrected chi connectivity index (χ3v) is 3.06. The number of rotatable bonds is 11. The van der Waals surface area contributed by atoms with Crippen molar-refractivity contribution < 1.29 is 9.84 Å². The van der Waals surface area contributed by atoms with Gasteiger partial charge in [-0.3, -0.25) is 9.98 Å². The highest BCUT2D eigenvalue weighted by Gasteiger charge is 2.05. The minimum atomic E-state index is 0.0342. The van der Waals surface area contributed by atoms with Crippen molar-refractivity contribution in [1.82, 2.24) is 5.32 Å². The van der Waals surface area contributed by atoms with Gasteiger partial charge in [0.05, 0.1) is 6.54 Å². The molecule has 0 unspecified atom stereocenters. The van der Waals surface area contributed by atoms with Crippen molar-refractivity contribution in [3.63, 3.8) is 0 Å². The number of nitrogens with one attached hydrogen (secondary N) is 1. The van der Waals surface area contributed by atoms with Crippen molar-refractivity contribution in [2.45, 2.75) is 19.4 Å². The molecule has 1 aromatic rings. The van der Waals surface area contributed by atoms with E-state index in [2.05, 4.69) is 15.3 Å². The molecule has 0 aromatic heterocycles. The molecule has 0 amide bonds. The standard InChI is InChI=1S/C15H27N7O2/c16-14(17)21-6-2-1-5-20-10-11-9-12(23)3-4-13(11)24-8-7-22-15(18)19/h3-4,9,20,23H,1-2,5-8,10H2,(H4,16,17,21)(H4,18,19,22). The van der Waals surface area contributed by atoms with Crippen LogP contribution in [0, 0.1) is 0 Å². The zero-order valence-electron chi connectivity index (χ0n) is 13.7. The molecule has 0 atom stereocenters. The minimum absolute atomic E-state index is 0.0342. The van der Waals surface area contributed by atoms with E-state index in [1.165, 1.54) is 0 Å². The Morgan fingerprint density at radius 1 is 1.04 bits per heavy atom. The summed E-state index contributed by atoms with van der Waals surface area (Å²) in [5.74, 6) is 1.03. The normalized spacial score (nSPS) is 10.2. The Morgan fingerprint density at radius 3 is 2.46 bits per heavy atom. The van der Waals surface area contributed by atoms with Crippen molar-refractivity contribution in [3.8, 4) is 11.5 Å². The number of nitrogens with zero attached hydrogens (tertiary/aromatic N) is 2. The number of phenolic OH excluding ortho intramolecular Hbond substituents is 1. The van der Waals surface area contributed by atoms with Crippen molar-refractivity contribution in [1.29, 1.82) is 0 Å². The smallest absolute Gasteiger partial charge is 0.186 e. The number of phenols is 1. The van der Waals surface area contributed by atoms with Crippen LogP contribution in [-0.2, 0) is 6.54 Å². The third-order valence-electron chi connectivity index (χ3n) is 3.06. The van der Waals surface area contributed by atoms with Crippen molar-refractivity contribution in [3.05, 3.63) is 23.8 Å². The molecular formula is C15H27N7O2. The average molecular weight is 337 g/mol. The summed E-state index contributed by atoms with van der Waals surface area (Å²) >= 11 is 0. The molecule has 0 spiro atoms. The summed E-state index contributed by atoms with van der Waals surface area (Å²) in [5.41, 5.74) is 21.9. The van der Waals surface area contributed by atoms with Gasteiger partial charge in [0.15, 0.2) is 11.9 Å². The molecule has 0 radical (unpaired) electrons. The van der Waals surface area contributed by atoms with Gasteiger partial charge in [-0.15, -0.1) is 0 Å². The van der Waals surface area contributed by atoms with E-state index in [9.17, 15) is 5.11 Å². The zero-order valence-corrected chi connectivity index (χ0v) is 13.7. The number of benzene rings is 1. The molecule has 0 fully saturated rings. The van der Waals surface area contributed by atoms with Crippen LogP contribution in [0.2, 0.25) is 0 Å². The second-order valence-corrected chi connectivity index (χ2v) is 5.14. The van der Waals surface area contributed by atoms with Crippen molar-refractivity contribution >= 4 is 11.9 Å². The Morgan fingerprint density at radius 2 is 1.75 bits per heavy atom. The fourth-order valence-electron chi connectivity index (χ4n) is 1.97. The molecule has 1 aromatic carbocycles. The Bertz CT molecular complexity index is 553. The molecule has 0 saturated heterocycles. The maximum atomic E-state index is 9.63. The third kappa shape index (κ3) is 8.69. The van der Waals surface area contributed by atoms with Crippen LogP contribution in [-0.4, -0.2) is 43.3 Å². The van der Waals surface area contributed by atoms with Crippen molar-refractivity contribution in [2.24, 2.45) is 32.9 Å². The number of aromatic hydroxyl groups is 1. The maximum Gasteiger partial charge on any atom is 0.186 e. The molecule has 9 nitrogen and oxygen atoms in total. The molecule has 0 aliphatic rings. The Labute approximate surface area is 141 Å². The minimum Gasteiger partial charge on any atom is -0.508 e. The number of ether oxygens (including phenoxy) is 1. The van der Waals surface area contributed by atoms with E-state index in [0.717, 1.165) is 24.9 Å². The molecule has 0 heterocycles. The molecule has 0 saturated carbocycles.